The van der Waals surface area contributed by atoms with Gasteiger partial charge >= 0.3 is 5.97 Å². The second-order valence-corrected chi connectivity index (χ2v) is 3.58. The monoisotopic (exact) mass is 255 g/mol. The first-order valence-electron chi connectivity index (χ1n) is 4.87. The number of hydrogen-bond acceptors (Lipinski definition) is 6. The molecular formula is C9H10ClN5O2. The van der Waals surface area contributed by atoms with Crippen molar-refractivity contribution >= 4 is 29.2 Å². The van der Waals surface area contributed by atoms with Crippen LogP contribution in [-0.4, -0.2) is 39.2 Å². The molecule has 90 valence electrons. The lowest BCUT2D eigenvalue weighted by molar-refractivity contribution is -0.140. The number of ether oxygens (including phenoxy) is 1. The molecule has 0 atom stereocenters. The molecule has 0 unspecified atom stereocenters. The van der Waals surface area contributed by atoms with Gasteiger partial charge in [0.25, 0.3) is 5.78 Å². The highest BCUT2D eigenvalue weighted by molar-refractivity contribution is 6.29. The van der Waals surface area contributed by atoms with E-state index in [4.69, 9.17) is 11.6 Å². The number of carbonyl (C=O) groups excluding carboxylic acids is 1. The Kier molecular flexibility index (Phi) is 3.38. The van der Waals surface area contributed by atoms with E-state index in [0.29, 0.717) is 23.3 Å². The number of anilines is 1. The maximum absolute atomic E-state index is 10.9. The normalized spacial score (nSPS) is 10.5. The second-order valence-electron chi connectivity index (χ2n) is 3.19. The van der Waals surface area contributed by atoms with E-state index in [1.807, 2.05) is 0 Å². The summed E-state index contributed by atoms with van der Waals surface area (Å²) in [4.78, 5) is 18.9. The van der Waals surface area contributed by atoms with Gasteiger partial charge in [0.05, 0.1) is 13.5 Å². The van der Waals surface area contributed by atoms with Gasteiger partial charge in [0, 0.05) is 12.6 Å². The van der Waals surface area contributed by atoms with Gasteiger partial charge in [-0.1, -0.05) is 11.6 Å². The molecule has 8 heteroatoms. The van der Waals surface area contributed by atoms with Crippen LogP contribution in [0.3, 0.4) is 0 Å². The van der Waals surface area contributed by atoms with E-state index in [0.717, 1.165) is 0 Å². The zero-order valence-electron chi connectivity index (χ0n) is 9.05. The van der Waals surface area contributed by atoms with Crippen molar-refractivity contribution in [3.63, 3.8) is 0 Å². The topological polar surface area (TPSA) is 81.4 Å². The lowest BCUT2D eigenvalue weighted by Crippen LogP contribution is -2.12. The van der Waals surface area contributed by atoms with Crippen molar-refractivity contribution in [1.29, 1.82) is 0 Å². The molecule has 1 N–H and O–H groups in total. The molecule has 0 aliphatic heterocycles. The number of methoxy groups -OCH3 is 1. The van der Waals surface area contributed by atoms with Crippen LogP contribution in [0.4, 0.5) is 5.82 Å². The average molecular weight is 256 g/mol. The van der Waals surface area contributed by atoms with Crippen molar-refractivity contribution in [1.82, 2.24) is 19.6 Å². The Morgan fingerprint density at radius 3 is 3.24 bits per heavy atom. The third-order valence-corrected chi connectivity index (χ3v) is 2.28. The summed E-state index contributed by atoms with van der Waals surface area (Å²) in [5.41, 5.74) is 0. The van der Waals surface area contributed by atoms with E-state index in [2.05, 4.69) is 25.1 Å². The molecule has 2 aromatic rings. The maximum Gasteiger partial charge on any atom is 0.307 e. The van der Waals surface area contributed by atoms with Crippen LogP contribution in [0.25, 0.3) is 5.78 Å². The number of aromatic nitrogens is 4. The Labute approximate surface area is 102 Å². The van der Waals surface area contributed by atoms with Crippen LogP contribution in [-0.2, 0) is 9.53 Å². The number of rotatable bonds is 4. The first-order valence-corrected chi connectivity index (χ1v) is 5.25. The number of hydrogen-bond donors (Lipinski definition) is 1. The highest BCUT2D eigenvalue weighted by atomic mass is 35.5. The first-order chi connectivity index (χ1) is 8.20. The Bertz CT molecular complexity index is 541. The fourth-order valence-electron chi connectivity index (χ4n) is 1.30. The van der Waals surface area contributed by atoms with Crippen LogP contribution < -0.4 is 5.32 Å². The van der Waals surface area contributed by atoms with Crippen molar-refractivity contribution in [2.45, 2.75) is 6.42 Å². The summed E-state index contributed by atoms with van der Waals surface area (Å²) in [6.45, 7) is 0.419. The predicted octanol–water partition coefficient (Wildman–Crippen LogP) is 0.753. The van der Waals surface area contributed by atoms with Crippen LogP contribution in [0.15, 0.2) is 12.4 Å². The number of esters is 1. The molecular weight excluding hydrogens is 246 g/mol. The molecule has 2 heterocycles. The number of nitrogens with zero attached hydrogens (tertiary/aromatic N) is 4. The quantitative estimate of drug-likeness (QED) is 0.641. The van der Waals surface area contributed by atoms with Crippen LogP contribution in [0.2, 0.25) is 5.15 Å². The Morgan fingerprint density at radius 2 is 2.47 bits per heavy atom. The van der Waals surface area contributed by atoms with E-state index < -0.39 is 0 Å². The molecule has 7 nitrogen and oxygen atoms in total. The van der Waals surface area contributed by atoms with Gasteiger partial charge in [-0.2, -0.15) is 19.6 Å². The van der Waals surface area contributed by atoms with Gasteiger partial charge in [-0.25, -0.2) is 0 Å². The zero-order chi connectivity index (χ0) is 12.3. The summed E-state index contributed by atoms with van der Waals surface area (Å²) in [6, 6.07) is 1.61. The largest absolute Gasteiger partial charge is 0.469 e. The number of nitrogens with one attached hydrogen (secondary N) is 1. The fourth-order valence-corrected chi connectivity index (χ4v) is 1.48. The molecule has 2 rings (SSSR count). The number of carbonyl (C=O) groups is 1. The smallest absolute Gasteiger partial charge is 0.307 e. The molecule has 0 aliphatic rings. The fraction of sp³-hybridized carbons (Fsp3) is 0.333. The summed E-state index contributed by atoms with van der Waals surface area (Å²) in [7, 11) is 1.35. The third kappa shape index (κ3) is 2.62. The summed E-state index contributed by atoms with van der Waals surface area (Å²) < 4.78 is 6.04. The van der Waals surface area contributed by atoms with Gasteiger partial charge < -0.3 is 10.1 Å². The third-order valence-electron chi connectivity index (χ3n) is 2.08. The van der Waals surface area contributed by atoms with Crippen LogP contribution in [0.1, 0.15) is 6.42 Å². The lowest BCUT2D eigenvalue weighted by Gasteiger charge is -2.07. The minimum atomic E-state index is -0.285. The minimum Gasteiger partial charge on any atom is -0.469 e. The molecule has 0 radical (unpaired) electrons. The van der Waals surface area contributed by atoms with Crippen molar-refractivity contribution < 1.29 is 9.53 Å². The second kappa shape index (κ2) is 4.96. The minimum absolute atomic E-state index is 0.257. The van der Waals surface area contributed by atoms with Gasteiger partial charge in [0.15, 0.2) is 0 Å². The predicted molar refractivity (Wildman–Crippen MR) is 60.9 cm³/mol. The van der Waals surface area contributed by atoms with Gasteiger partial charge in [-0.3, -0.25) is 4.79 Å². The van der Waals surface area contributed by atoms with E-state index in [-0.39, 0.29) is 12.4 Å². The van der Waals surface area contributed by atoms with Crippen molar-refractivity contribution in [2.75, 3.05) is 19.0 Å². The lowest BCUT2D eigenvalue weighted by atomic mass is 10.4. The first kappa shape index (κ1) is 11.6. The van der Waals surface area contributed by atoms with Gasteiger partial charge in [0.1, 0.15) is 17.3 Å². The Balaban J connectivity index is 2.12. The standard InChI is InChI=1S/C9H10ClN5O2/c1-17-8(16)2-3-11-7-4-6(10)14-9-12-5-13-15(7)9/h4-5,11H,2-3H2,1H3. The van der Waals surface area contributed by atoms with Crippen LogP contribution in [0.5, 0.6) is 0 Å². The van der Waals surface area contributed by atoms with Crippen LogP contribution in [0, 0.1) is 0 Å². The van der Waals surface area contributed by atoms with E-state index in [1.165, 1.54) is 18.0 Å². The highest BCUT2D eigenvalue weighted by Crippen LogP contribution is 2.14. The van der Waals surface area contributed by atoms with Crippen LogP contribution >= 0.6 is 11.6 Å². The van der Waals surface area contributed by atoms with Gasteiger partial charge in [-0.15, -0.1) is 0 Å². The molecule has 2 aromatic heterocycles. The molecule has 17 heavy (non-hydrogen) atoms. The molecule has 0 bridgehead atoms. The SMILES string of the molecule is COC(=O)CCNc1cc(Cl)nc2ncnn12. The molecule has 0 aromatic carbocycles. The van der Waals surface area contributed by atoms with Crippen molar-refractivity contribution in [3.05, 3.63) is 17.5 Å². The molecule has 0 saturated heterocycles. The average Bonchev–Trinajstić information content (AvgIpc) is 2.76. The van der Waals surface area contributed by atoms with E-state index in [9.17, 15) is 4.79 Å². The van der Waals surface area contributed by atoms with Gasteiger partial charge in [0.2, 0.25) is 0 Å². The zero-order valence-corrected chi connectivity index (χ0v) is 9.81. The Morgan fingerprint density at radius 1 is 1.65 bits per heavy atom. The highest BCUT2D eigenvalue weighted by Gasteiger charge is 2.06. The summed E-state index contributed by atoms with van der Waals surface area (Å²) in [6.07, 6.45) is 1.64. The van der Waals surface area contributed by atoms with Crippen molar-refractivity contribution in [3.8, 4) is 0 Å². The van der Waals surface area contributed by atoms with E-state index in [1.54, 1.807) is 6.07 Å². The molecule has 0 amide bonds. The summed E-state index contributed by atoms with van der Waals surface area (Å²) in [5, 5.41) is 7.31. The number of halogens is 1. The molecule has 0 fully saturated rings. The van der Waals surface area contributed by atoms with E-state index >= 15 is 0 Å². The van der Waals surface area contributed by atoms with Crippen molar-refractivity contribution in [2.24, 2.45) is 0 Å². The summed E-state index contributed by atoms with van der Waals surface area (Å²) >= 11 is 5.83. The number of fused-ring (bicyclic) bond motifs is 1. The molecule has 0 spiro atoms. The maximum atomic E-state index is 10.9. The molecule has 0 saturated carbocycles. The summed E-state index contributed by atoms with van der Waals surface area (Å²) in [5.74, 6) is 0.743. The molecule has 0 aliphatic carbocycles. The van der Waals surface area contributed by atoms with Gasteiger partial charge in [-0.05, 0) is 0 Å². The Hall–Kier alpha value is -1.89.